The number of rotatable bonds is 2. The lowest BCUT2D eigenvalue weighted by Gasteiger charge is -2.25. The van der Waals surface area contributed by atoms with Crippen molar-refractivity contribution in [1.29, 1.82) is 0 Å². The van der Waals surface area contributed by atoms with E-state index in [9.17, 15) is 10.1 Å². The molecule has 3 rings (SSSR count). The molecule has 94 valence electrons. The molecule has 0 N–H and O–H groups in total. The molecule has 6 heteroatoms. The Balaban J connectivity index is 2.06. The number of nitro benzene ring substituents is 1. The fourth-order valence-corrected chi connectivity index (χ4v) is 2.00. The standard InChI is InChI=1S/C13H10N4O2/c18-17(19)12-5-1-4-11(7-12)16-9-14-8-10-3-2-6-15-13(10)16/h1-8H,9H2. The van der Waals surface area contributed by atoms with Crippen LogP contribution >= 0.6 is 0 Å². The van der Waals surface area contributed by atoms with Crippen molar-refractivity contribution in [2.24, 2.45) is 4.99 Å². The van der Waals surface area contributed by atoms with Gasteiger partial charge in [-0.15, -0.1) is 0 Å². The van der Waals surface area contributed by atoms with E-state index in [0.717, 1.165) is 11.4 Å². The van der Waals surface area contributed by atoms with E-state index >= 15 is 0 Å². The molecular weight excluding hydrogens is 244 g/mol. The van der Waals surface area contributed by atoms with Crippen LogP contribution in [0.2, 0.25) is 0 Å². The summed E-state index contributed by atoms with van der Waals surface area (Å²) in [4.78, 5) is 20.8. The molecule has 6 nitrogen and oxygen atoms in total. The quantitative estimate of drug-likeness (QED) is 0.609. The van der Waals surface area contributed by atoms with Crippen LogP contribution in [0.15, 0.2) is 47.6 Å². The zero-order chi connectivity index (χ0) is 13.2. The van der Waals surface area contributed by atoms with Crippen LogP contribution in [-0.4, -0.2) is 22.8 Å². The Kier molecular flexibility index (Phi) is 2.68. The molecule has 0 aliphatic carbocycles. The molecule has 1 aliphatic rings. The van der Waals surface area contributed by atoms with Gasteiger partial charge in [0.05, 0.1) is 10.6 Å². The highest BCUT2D eigenvalue weighted by molar-refractivity contribution is 5.90. The third-order valence-corrected chi connectivity index (χ3v) is 2.88. The highest BCUT2D eigenvalue weighted by Crippen LogP contribution is 2.30. The van der Waals surface area contributed by atoms with Crippen molar-refractivity contribution in [2.45, 2.75) is 0 Å². The number of anilines is 2. The first-order valence-corrected chi connectivity index (χ1v) is 5.72. The van der Waals surface area contributed by atoms with Gasteiger partial charge in [-0.05, 0) is 18.2 Å². The number of hydrogen-bond donors (Lipinski definition) is 0. The summed E-state index contributed by atoms with van der Waals surface area (Å²) in [6.45, 7) is 0.408. The zero-order valence-electron chi connectivity index (χ0n) is 9.93. The minimum atomic E-state index is -0.407. The summed E-state index contributed by atoms with van der Waals surface area (Å²) in [7, 11) is 0. The Hall–Kier alpha value is -2.76. The second kappa shape index (κ2) is 4.49. The van der Waals surface area contributed by atoms with Crippen molar-refractivity contribution in [3.63, 3.8) is 0 Å². The lowest BCUT2D eigenvalue weighted by atomic mass is 10.2. The molecule has 0 amide bonds. The van der Waals surface area contributed by atoms with E-state index in [0.29, 0.717) is 12.4 Å². The van der Waals surface area contributed by atoms with Gasteiger partial charge in [0.1, 0.15) is 12.5 Å². The Bertz CT molecular complexity index is 669. The van der Waals surface area contributed by atoms with E-state index in [2.05, 4.69) is 9.98 Å². The maximum atomic E-state index is 10.8. The van der Waals surface area contributed by atoms with Crippen LogP contribution < -0.4 is 4.90 Å². The summed E-state index contributed by atoms with van der Waals surface area (Å²) in [5, 5.41) is 10.8. The molecule has 0 spiro atoms. The maximum Gasteiger partial charge on any atom is 0.271 e. The van der Waals surface area contributed by atoms with Gasteiger partial charge < -0.3 is 4.90 Å². The Labute approximate surface area is 109 Å². The van der Waals surface area contributed by atoms with Crippen molar-refractivity contribution < 1.29 is 4.92 Å². The number of hydrogen-bond acceptors (Lipinski definition) is 5. The number of nitro groups is 1. The molecule has 0 saturated heterocycles. The average Bonchev–Trinajstić information content (AvgIpc) is 2.47. The molecule has 19 heavy (non-hydrogen) atoms. The van der Waals surface area contributed by atoms with Crippen molar-refractivity contribution >= 4 is 23.4 Å². The van der Waals surface area contributed by atoms with E-state index in [1.54, 1.807) is 18.5 Å². The number of fused-ring (bicyclic) bond motifs is 1. The van der Waals surface area contributed by atoms with Crippen LogP contribution in [0.1, 0.15) is 5.56 Å². The van der Waals surface area contributed by atoms with E-state index < -0.39 is 4.92 Å². The van der Waals surface area contributed by atoms with Gasteiger partial charge in [0, 0.05) is 30.1 Å². The topological polar surface area (TPSA) is 71.6 Å². The Morgan fingerprint density at radius 3 is 3.00 bits per heavy atom. The van der Waals surface area contributed by atoms with Gasteiger partial charge in [0.15, 0.2) is 0 Å². The summed E-state index contributed by atoms with van der Waals surface area (Å²) in [5.41, 5.74) is 1.68. The first-order valence-electron chi connectivity index (χ1n) is 5.72. The Morgan fingerprint density at radius 1 is 1.26 bits per heavy atom. The first-order chi connectivity index (χ1) is 9.25. The van der Waals surface area contributed by atoms with Crippen molar-refractivity contribution in [3.05, 3.63) is 58.3 Å². The van der Waals surface area contributed by atoms with Crippen LogP contribution in [0.3, 0.4) is 0 Å². The fraction of sp³-hybridized carbons (Fsp3) is 0.0769. The van der Waals surface area contributed by atoms with Crippen LogP contribution in [-0.2, 0) is 0 Å². The highest BCUT2D eigenvalue weighted by atomic mass is 16.6. The predicted molar refractivity (Wildman–Crippen MR) is 71.9 cm³/mol. The van der Waals surface area contributed by atoms with Gasteiger partial charge in [0.25, 0.3) is 5.69 Å². The molecule has 1 aromatic heterocycles. The lowest BCUT2D eigenvalue weighted by Crippen LogP contribution is -2.23. The second-order valence-corrected chi connectivity index (χ2v) is 4.07. The van der Waals surface area contributed by atoms with Gasteiger partial charge in [-0.3, -0.25) is 15.1 Å². The normalized spacial score (nSPS) is 13.2. The number of aromatic nitrogens is 1. The van der Waals surface area contributed by atoms with Crippen LogP contribution in [0.5, 0.6) is 0 Å². The molecule has 0 radical (unpaired) electrons. The Morgan fingerprint density at radius 2 is 2.16 bits per heavy atom. The average molecular weight is 254 g/mol. The predicted octanol–water partition coefficient (Wildman–Crippen LogP) is 2.52. The first kappa shape index (κ1) is 11.3. The maximum absolute atomic E-state index is 10.8. The third kappa shape index (κ3) is 2.03. The van der Waals surface area contributed by atoms with Crippen molar-refractivity contribution in [1.82, 2.24) is 4.98 Å². The van der Waals surface area contributed by atoms with Gasteiger partial charge in [-0.25, -0.2) is 4.98 Å². The SMILES string of the molecule is O=[N+]([O-])c1cccc(N2CN=Cc3cccnc32)c1. The number of aliphatic imine (C=N–C) groups is 1. The minimum Gasteiger partial charge on any atom is -0.306 e. The largest absolute Gasteiger partial charge is 0.306 e. The van der Waals surface area contributed by atoms with Crippen LogP contribution in [0.25, 0.3) is 0 Å². The summed E-state index contributed by atoms with van der Waals surface area (Å²) in [5.74, 6) is 0.762. The van der Waals surface area contributed by atoms with E-state index in [-0.39, 0.29) is 5.69 Å². The minimum absolute atomic E-state index is 0.0598. The molecule has 1 aromatic carbocycles. The number of non-ortho nitro benzene ring substituents is 1. The summed E-state index contributed by atoms with van der Waals surface area (Å²) in [6, 6.07) is 10.2. The zero-order valence-corrected chi connectivity index (χ0v) is 9.93. The van der Waals surface area contributed by atoms with Gasteiger partial charge >= 0.3 is 0 Å². The van der Waals surface area contributed by atoms with Gasteiger partial charge in [0.2, 0.25) is 0 Å². The highest BCUT2D eigenvalue weighted by Gasteiger charge is 2.18. The smallest absolute Gasteiger partial charge is 0.271 e. The van der Waals surface area contributed by atoms with Gasteiger partial charge in [-0.1, -0.05) is 6.07 Å². The molecule has 0 fully saturated rings. The van der Waals surface area contributed by atoms with Gasteiger partial charge in [-0.2, -0.15) is 0 Å². The van der Waals surface area contributed by atoms with Crippen LogP contribution in [0.4, 0.5) is 17.2 Å². The van der Waals surface area contributed by atoms with Crippen LogP contribution in [0, 0.1) is 10.1 Å². The summed E-state index contributed by atoms with van der Waals surface area (Å²) in [6.07, 6.45) is 3.46. The number of benzene rings is 1. The van der Waals surface area contributed by atoms with E-state index in [1.807, 2.05) is 23.1 Å². The van der Waals surface area contributed by atoms with E-state index in [1.165, 1.54) is 12.1 Å². The summed E-state index contributed by atoms with van der Waals surface area (Å²) < 4.78 is 0. The molecular formula is C13H10N4O2. The molecule has 0 saturated carbocycles. The molecule has 0 bridgehead atoms. The monoisotopic (exact) mass is 254 g/mol. The molecule has 0 atom stereocenters. The molecule has 0 unspecified atom stereocenters. The lowest BCUT2D eigenvalue weighted by molar-refractivity contribution is -0.384. The molecule has 2 aromatic rings. The van der Waals surface area contributed by atoms with Crippen molar-refractivity contribution in [3.8, 4) is 0 Å². The number of pyridine rings is 1. The fourth-order valence-electron chi connectivity index (χ4n) is 2.00. The third-order valence-electron chi connectivity index (χ3n) is 2.88. The second-order valence-electron chi connectivity index (χ2n) is 4.07. The van der Waals surface area contributed by atoms with Crippen molar-refractivity contribution in [2.75, 3.05) is 11.6 Å². The summed E-state index contributed by atoms with van der Waals surface area (Å²) >= 11 is 0. The van der Waals surface area contributed by atoms with E-state index in [4.69, 9.17) is 0 Å². The number of nitrogens with zero attached hydrogens (tertiary/aromatic N) is 4. The molecule has 1 aliphatic heterocycles. The molecule has 2 heterocycles.